The Morgan fingerprint density at radius 1 is 1.12 bits per heavy atom. The maximum atomic E-state index is 12.4. The first-order chi connectivity index (χ1) is 15.7. The molecule has 0 fully saturated rings. The van der Waals surface area contributed by atoms with E-state index in [2.05, 4.69) is 11.7 Å². The van der Waals surface area contributed by atoms with Crippen molar-refractivity contribution in [2.45, 2.75) is 45.4 Å². The molecule has 1 aromatic rings. The van der Waals surface area contributed by atoms with Gasteiger partial charge in [0.2, 0.25) is 0 Å². The van der Waals surface area contributed by atoms with E-state index in [4.69, 9.17) is 14.6 Å². The third-order valence-electron chi connectivity index (χ3n) is 4.30. The van der Waals surface area contributed by atoms with Gasteiger partial charge in [0.15, 0.2) is 12.7 Å². The first-order valence-corrected chi connectivity index (χ1v) is 11.9. The molecule has 0 aliphatic rings. The molecule has 0 spiro atoms. The summed E-state index contributed by atoms with van der Waals surface area (Å²) in [5.41, 5.74) is 0.755. The average Bonchev–Trinajstić information content (AvgIpc) is 2.76. The molecule has 1 rings (SSSR count). The van der Waals surface area contributed by atoms with Crippen molar-refractivity contribution in [2.24, 2.45) is 0 Å². The number of carboxylic acids is 1. The van der Waals surface area contributed by atoms with Crippen LogP contribution in [0, 0.1) is 0 Å². The second-order valence-electron chi connectivity index (χ2n) is 7.10. The van der Waals surface area contributed by atoms with Crippen LogP contribution in [0.5, 0.6) is 5.75 Å². The van der Waals surface area contributed by atoms with Crippen LogP contribution in [-0.2, 0) is 20.7 Å². The number of aliphatic carboxylic acids is 1. The van der Waals surface area contributed by atoms with Gasteiger partial charge in [0, 0.05) is 19.6 Å². The highest BCUT2D eigenvalue weighted by Crippen LogP contribution is 2.17. The summed E-state index contributed by atoms with van der Waals surface area (Å²) < 4.78 is 52.3. The van der Waals surface area contributed by atoms with Crippen molar-refractivity contribution in [3.05, 3.63) is 29.8 Å². The summed E-state index contributed by atoms with van der Waals surface area (Å²) in [4.78, 5) is 24.5. The van der Waals surface area contributed by atoms with Crippen LogP contribution in [0.4, 0.5) is 18.0 Å². The van der Waals surface area contributed by atoms with Crippen molar-refractivity contribution >= 4 is 23.8 Å². The number of carbonyl (C=O) groups excluding carboxylic acids is 1. The van der Waals surface area contributed by atoms with E-state index in [1.54, 1.807) is 43.0 Å². The van der Waals surface area contributed by atoms with Gasteiger partial charge in [0.25, 0.3) is 0 Å². The Hall–Kier alpha value is -2.14. The molecule has 0 saturated carbocycles. The topological polar surface area (TPSA) is 85.3 Å². The molecule has 188 valence electrons. The lowest BCUT2D eigenvalue weighted by Crippen LogP contribution is -2.37. The van der Waals surface area contributed by atoms with Crippen LogP contribution in [0.25, 0.3) is 0 Å². The fourth-order valence-corrected chi connectivity index (χ4v) is 3.59. The molecule has 0 bridgehead atoms. The standard InChI is InChI=1S/C22H32F3NO6S/c1-3-13-33-14-5-10-26(21(29)32-16-22(23,24)25)11-12-31-18-8-6-17(7-9-18)15-19(20(27)28)30-4-2/h6-9,19H,3-5,10-16H2,1-2H3,(H,27,28). The molecule has 33 heavy (non-hydrogen) atoms. The molecular formula is C22H32F3NO6S. The van der Waals surface area contributed by atoms with E-state index < -0.39 is 30.9 Å². The molecule has 11 heteroatoms. The van der Waals surface area contributed by atoms with Crippen molar-refractivity contribution in [3.8, 4) is 5.75 Å². The number of carbonyl (C=O) groups is 2. The quantitative estimate of drug-likeness (QED) is 0.335. The first-order valence-electron chi connectivity index (χ1n) is 10.8. The Balaban J connectivity index is 2.57. The summed E-state index contributed by atoms with van der Waals surface area (Å²) in [6.07, 6.45) is -4.69. The molecule has 0 saturated heterocycles. The summed E-state index contributed by atoms with van der Waals surface area (Å²) >= 11 is 1.72. The van der Waals surface area contributed by atoms with Gasteiger partial charge in [0.05, 0.1) is 6.54 Å². The molecule has 7 nitrogen and oxygen atoms in total. The molecule has 1 atom stereocenters. The summed E-state index contributed by atoms with van der Waals surface area (Å²) in [6.45, 7) is 2.84. The molecule has 0 aliphatic carbocycles. The molecule has 1 N–H and O–H groups in total. The Morgan fingerprint density at radius 2 is 1.82 bits per heavy atom. The molecule has 1 unspecified atom stereocenters. The molecule has 1 amide bonds. The van der Waals surface area contributed by atoms with E-state index in [1.165, 1.54) is 4.90 Å². The number of nitrogens with zero attached hydrogens (tertiary/aromatic N) is 1. The molecule has 0 heterocycles. The first kappa shape index (κ1) is 28.9. The van der Waals surface area contributed by atoms with Gasteiger partial charge in [-0.1, -0.05) is 19.1 Å². The number of ether oxygens (including phenoxy) is 3. The summed E-state index contributed by atoms with van der Waals surface area (Å²) in [6, 6.07) is 6.75. The van der Waals surface area contributed by atoms with Crippen LogP contribution < -0.4 is 4.74 Å². The van der Waals surface area contributed by atoms with Gasteiger partial charge in [0.1, 0.15) is 12.4 Å². The van der Waals surface area contributed by atoms with Crippen LogP contribution in [0.1, 0.15) is 32.3 Å². The number of alkyl halides is 3. The predicted octanol–water partition coefficient (Wildman–Crippen LogP) is 4.63. The Kier molecular flexibility index (Phi) is 13.7. The van der Waals surface area contributed by atoms with Crippen LogP contribution in [0.15, 0.2) is 24.3 Å². The number of halogens is 3. The van der Waals surface area contributed by atoms with Crippen LogP contribution in [0.2, 0.25) is 0 Å². The summed E-state index contributed by atoms with van der Waals surface area (Å²) in [5.74, 6) is 1.22. The zero-order valence-electron chi connectivity index (χ0n) is 18.9. The maximum Gasteiger partial charge on any atom is 0.422 e. The minimum Gasteiger partial charge on any atom is -0.492 e. The maximum absolute atomic E-state index is 12.4. The highest BCUT2D eigenvalue weighted by molar-refractivity contribution is 7.99. The smallest absolute Gasteiger partial charge is 0.422 e. The minimum atomic E-state index is -4.58. The van der Waals surface area contributed by atoms with Gasteiger partial charge in [-0.15, -0.1) is 0 Å². The van der Waals surface area contributed by atoms with Gasteiger partial charge < -0.3 is 24.2 Å². The van der Waals surface area contributed by atoms with E-state index in [1.807, 2.05) is 0 Å². The summed E-state index contributed by atoms with van der Waals surface area (Å²) in [7, 11) is 0. The van der Waals surface area contributed by atoms with Crippen molar-refractivity contribution in [1.29, 1.82) is 0 Å². The largest absolute Gasteiger partial charge is 0.492 e. The van der Waals surface area contributed by atoms with Crippen LogP contribution in [0.3, 0.4) is 0 Å². The second kappa shape index (κ2) is 15.7. The lowest BCUT2D eigenvalue weighted by Gasteiger charge is -2.22. The van der Waals surface area contributed by atoms with Gasteiger partial charge in [-0.05, 0) is 49.0 Å². The van der Waals surface area contributed by atoms with E-state index in [0.717, 1.165) is 23.5 Å². The average molecular weight is 496 g/mol. The van der Waals surface area contributed by atoms with Gasteiger partial charge in [-0.25, -0.2) is 9.59 Å². The van der Waals surface area contributed by atoms with Crippen LogP contribution >= 0.6 is 11.8 Å². The molecule has 0 aromatic heterocycles. The SMILES string of the molecule is CCCSCCCN(CCOc1ccc(CC(OCC)C(=O)O)cc1)C(=O)OCC(F)(F)F. The van der Waals surface area contributed by atoms with Crippen molar-refractivity contribution in [3.63, 3.8) is 0 Å². The predicted molar refractivity (Wildman–Crippen MR) is 120 cm³/mol. The normalized spacial score (nSPS) is 12.3. The van der Waals surface area contributed by atoms with Gasteiger partial charge >= 0.3 is 18.2 Å². The Bertz CT molecular complexity index is 702. The van der Waals surface area contributed by atoms with Crippen LogP contribution in [-0.4, -0.2) is 78.8 Å². The zero-order valence-corrected chi connectivity index (χ0v) is 19.8. The second-order valence-corrected chi connectivity index (χ2v) is 8.33. The number of thioether (sulfide) groups is 1. The zero-order chi connectivity index (χ0) is 24.7. The number of carboxylic acid groups (broad SMARTS) is 1. The minimum absolute atomic E-state index is 0.0687. The molecule has 0 radical (unpaired) electrons. The Morgan fingerprint density at radius 3 is 2.39 bits per heavy atom. The highest BCUT2D eigenvalue weighted by atomic mass is 32.2. The van der Waals surface area contributed by atoms with E-state index in [0.29, 0.717) is 12.2 Å². The number of benzene rings is 1. The highest BCUT2D eigenvalue weighted by Gasteiger charge is 2.30. The van der Waals surface area contributed by atoms with E-state index in [-0.39, 0.29) is 32.7 Å². The third kappa shape index (κ3) is 13.2. The number of amides is 1. The van der Waals surface area contributed by atoms with Crippen molar-refractivity contribution in [1.82, 2.24) is 4.90 Å². The monoisotopic (exact) mass is 495 g/mol. The number of hydrogen-bond donors (Lipinski definition) is 1. The van der Waals surface area contributed by atoms with Gasteiger partial charge in [-0.3, -0.25) is 0 Å². The molecule has 1 aromatic carbocycles. The van der Waals surface area contributed by atoms with E-state index >= 15 is 0 Å². The van der Waals surface area contributed by atoms with E-state index in [9.17, 15) is 22.8 Å². The molecular weight excluding hydrogens is 463 g/mol. The number of rotatable bonds is 16. The lowest BCUT2D eigenvalue weighted by atomic mass is 10.1. The van der Waals surface area contributed by atoms with Gasteiger partial charge in [-0.2, -0.15) is 24.9 Å². The summed E-state index contributed by atoms with van der Waals surface area (Å²) in [5, 5.41) is 9.16. The van der Waals surface area contributed by atoms with Crippen molar-refractivity contribution < 1.29 is 42.1 Å². The lowest BCUT2D eigenvalue weighted by molar-refractivity contribution is -0.162. The molecule has 0 aliphatic heterocycles. The fourth-order valence-electron chi connectivity index (χ4n) is 2.76. The third-order valence-corrected chi connectivity index (χ3v) is 5.57. The Labute approximate surface area is 196 Å². The number of hydrogen-bond acceptors (Lipinski definition) is 6. The fraction of sp³-hybridized carbons (Fsp3) is 0.636. The van der Waals surface area contributed by atoms with Crippen molar-refractivity contribution in [2.75, 3.05) is 44.4 Å².